The Labute approximate surface area is 156 Å². The zero-order valence-electron chi connectivity index (χ0n) is 14.5. The van der Waals surface area contributed by atoms with Crippen LogP contribution in [-0.4, -0.2) is 16.6 Å². The molecule has 0 saturated carbocycles. The topological polar surface area (TPSA) is 42.0 Å². The van der Waals surface area contributed by atoms with E-state index in [0.717, 1.165) is 26.7 Å². The molecular formula is C20H22N2OS2. The predicted octanol–water partition coefficient (Wildman–Crippen LogP) is 5.68. The number of benzene rings is 2. The molecular weight excluding hydrogens is 348 g/mol. The van der Waals surface area contributed by atoms with Crippen LogP contribution in [0.1, 0.15) is 30.9 Å². The Hall–Kier alpha value is -1.85. The summed E-state index contributed by atoms with van der Waals surface area (Å²) in [5.41, 5.74) is 4.38. The SMILES string of the molecule is CCCCc1ccc(NC(=O)CSc2nc3cc(C)ccc3s2)cc1. The first kappa shape index (κ1) is 18.0. The minimum atomic E-state index is 0.00162. The van der Waals surface area contributed by atoms with Crippen molar-refractivity contribution in [2.75, 3.05) is 11.1 Å². The van der Waals surface area contributed by atoms with E-state index in [1.807, 2.05) is 12.1 Å². The lowest BCUT2D eigenvalue weighted by atomic mass is 10.1. The van der Waals surface area contributed by atoms with Gasteiger partial charge in [-0.2, -0.15) is 0 Å². The van der Waals surface area contributed by atoms with E-state index in [1.165, 1.54) is 35.7 Å². The molecule has 2 aromatic carbocycles. The van der Waals surface area contributed by atoms with Crippen LogP contribution in [-0.2, 0) is 11.2 Å². The summed E-state index contributed by atoms with van der Waals surface area (Å²) < 4.78 is 2.10. The standard InChI is InChI=1S/C20H22N2OS2/c1-3-4-5-15-7-9-16(10-8-15)21-19(23)13-24-20-22-17-12-14(2)6-11-18(17)25-20/h6-12H,3-5,13H2,1-2H3,(H,21,23). The Bertz CT molecular complexity index is 856. The van der Waals surface area contributed by atoms with Crippen LogP contribution < -0.4 is 5.32 Å². The van der Waals surface area contributed by atoms with E-state index in [0.29, 0.717) is 5.75 Å². The second-order valence-electron chi connectivity index (χ2n) is 6.09. The summed E-state index contributed by atoms with van der Waals surface area (Å²) in [5.74, 6) is 0.373. The van der Waals surface area contributed by atoms with Gasteiger partial charge in [0.25, 0.3) is 0 Å². The van der Waals surface area contributed by atoms with Crippen LogP contribution in [0, 0.1) is 6.92 Å². The van der Waals surface area contributed by atoms with Gasteiger partial charge in [0.1, 0.15) is 0 Å². The van der Waals surface area contributed by atoms with Crippen LogP contribution >= 0.6 is 23.1 Å². The molecule has 3 nitrogen and oxygen atoms in total. The molecule has 0 spiro atoms. The van der Waals surface area contributed by atoms with Gasteiger partial charge in [0.15, 0.2) is 4.34 Å². The molecule has 0 saturated heterocycles. The minimum absolute atomic E-state index is 0.00162. The first-order chi connectivity index (χ1) is 12.1. The van der Waals surface area contributed by atoms with Crippen LogP contribution in [0.15, 0.2) is 46.8 Å². The van der Waals surface area contributed by atoms with Gasteiger partial charge in [0.2, 0.25) is 5.91 Å². The summed E-state index contributed by atoms with van der Waals surface area (Å²) in [6.07, 6.45) is 3.49. The smallest absolute Gasteiger partial charge is 0.234 e. The number of nitrogens with zero attached hydrogens (tertiary/aromatic N) is 1. The lowest BCUT2D eigenvalue weighted by Crippen LogP contribution is -2.13. The molecule has 0 unspecified atom stereocenters. The van der Waals surface area contributed by atoms with Crippen molar-refractivity contribution in [2.45, 2.75) is 37.4 Å². The molecule has 0 atom stereocenters. The summed E-state index contributed by atoms with van der Waals surface area (Å²) in [6, 6.07) is 14.4. The second-order valence-corrected chi connectivity index (χ2v) is 8.34. The maximum Gasteiger partial charge on any atom is 0.234 e. The van der Waals surface area contributed by atoms with E-state index >= 15 is 0 Å². The second kappa shape index (κ2) is 8.50. The molecule has 0 aliphatic carbocycles. The molecule has 0 bridgehead atoms. The van der Waals surface area contributed by atoms with Crippen LogP contribution in [0.5, 0.6) is 0 Å². The van der Waals surface area contributed by atoms with Gasteiger partial charge in [0, 0.05) is 5.69 Å². The van der Waals surface area contributed by atoms with Crippen LogP contribution in [0.4, 0.5) is 5.69 Å². The summed E-state index contributed by atoms with van der Waals surface area (Å²) in [4.78, 5) is 16.8. The van der Waals surface area contributed by atoms with E-state index in [-0.39, 0.29) is 5.91 Å². The monoisotopic (exact) mass is 370 g/mol. The van der Waals surface area contributed by atoms with E-state index in [9.17, 15) is 4.79 Å². The number of aryl methyl sites for hydroxylation is 2. The third-order valence-corrected chi connectivity index (χ3v) is 6.09. The summed E-state index contributed by atoms with van der Waals surface area (Å²) in [7, 11) is 0. The van der Waals surface area contributed by atoms with E-state index in [2.05, 4.69) is 54.5 Å². The molecule has 130 valence electrons. The number of thioether (sulfide) groups is 1. The molecule has 0 aliphatic rings. The fourth-order valence-electron chi connectivity index (χ4n) is 2.54. The van der Waals surface area contributed by atoms with Gasteiger partial charge >= 0.3 is 0 Å². The van der Waals surface area contributed by atoms with Gasteiger partial charge < -0.3 is 5.32 Å². The fraction of sp³-hybridized carbons (Fsp3) is 0.300. The lowest BCUT2D eigenvalue weighted by Gasteiger charge is -2.06. The number of hydrogen-bond acceptors (Lipinski definition) is 4. The number of amides is 1. The lowest BCUT2D eigenvalue weighted by molar-refractivity contribution is -0.113. The summed E-state index contributed by atoms with van der Waals surface area (Å²) in [5, 5.41) is 2.96. The van der Waals surface area contributed by atoms with Crippen molar-refractivity contribution in [3.63, 3.8) is 0 Å². The van der Waals surface area contributed by atoms with Crippen molar-refractivity contribution in [1.82, 2.24) is 4.98 Å². The zero-order chi connectivity index (χ0) is 17.6. The maximum atomic E-state index is 12.2. The largest absolute Gasteiger partial charge is 0.325 e. The number of carbonyl (C=O) groups is 1. The van der Waals surface area contributed by atoms with Gasteiger partial charge in [-0.3, -0.25) is 4.79 Å². The average Bonchev–Trinajstić information content (AvgIpc) is 3.01. The minimum Gasteiger partial charge on any atom is -0.325 e. The van der Waals surface area contributed by atoms with Gasteiger partial charge in [-0.05, 0) is 55.2 Å². The summed E-state index contributed by atoms with van der Waals surface area (Å²) >= 11 is 3.12. The third kappa shape index (κ3) is 5.06. The van der Waals surface area contributed by atoms with Crippen LogP contribution in [0.25, 0.3) is 10.2 Å². The zero-order valence-corrected chi connectivity index (χ0v) is 16.2. The van der Waals surface area contributed by atoms with E-state index < -0.39 is 0 Å². The highest BCUT2D eigenvalue weighted by Gasteiger charge is 2.08. The molecule has 1 N–H and O–H groups in total. The van der Waals surface area contributed by atoms with Crippen molar-refractivity contribution in [3.05, 3.63) is 53.6 Å². The predicted molar refractivity (Wildman–Crippen MR) is 109 cm³/mol. The number of nitrogens with one attached hydrogen (secondary N) is 1. The highest BCUT2D eigenvalue weighted by Crippen LogP contribution is 2.30. The molecule has 1 heterocycles. The Kier molecular flexibility index (Phi) is 6.10. The number of carbonyl (C=O) groups excluding carboxylic acids is 1. The fourth-order valence-corrected chi connectivity index (χ4v) is 4.39. The number of thiazole rings is 1. The van der Waals surface area contributed by atoms with Gasteiger partial charge in [-0.25, -0.2) is 4.98 Å². The molecule has 3 aromatic rings. The van der Waals surface area contributed by atoms with Crippen molar-refractivity contribution < 1.29 is 4.79 Å². The van der Waals surface area contributed by atoms with Crippen LogP contribution in [0.2, 0.25) is 0 Å². The average molecular weight is 371 g/mol. The number of aromatic nitrogens is 1. The van der Waals surface area contributed by atoms with Gasteiger partial charge in [-0.1, -0.05) is 43.3 Å². The molecule has 25 heavy (non-hydrogen) atoms. The normalized spacial score (nSPS) is 11.0. The maximum absolute atomic E-state index is 12.2. The highest BCUT2D eigenvalue weighted by molar-refractivity contribution is 8.01. The third-order valence-electron chi connectivity index (χ3n) is 3.91. The van der Waals surface area contributed by atoms with Crippen molar-refractivity contribution in [1.29, 1.82) is 0 Å². The molecule has 5 heteroatoms. The number of rotatable bonds is 7. The van der Waals surface area contributed by atoms with Crippen molar-refractivity contribution >= 4 is 44.9 Å². The molecule has 0 fully saturated rings. The Morgan fingerprint density at radius 1 is 1.20 bits per heavy atom. The van der Waals surface area contributed by atoms with E-state index in [4.69, 9.17) is 0 Å². The highest BCUT2D eigenvalue weighted by atomic mass is 32.2. The molecule has 1 amide bonds. The first-order valence-corrected chi connectivity index (χ1v) is 10.3. The molecule has 0 aliphatic heterocycles. The van der Waals surface area contributed by atoms with Crippen molar-refractivity contribution in [3.8, 4) is 0 Å². The number of anilines is 1. The Morgan fingerprint density at radius 2 is 2.00 bits per heavy atom. The molecule has 1 aromatic heterocycles. The number of hydrogen-bond donors (Lipinski definition) is 1. The quantitative estimate of drug-likeness (QED) is 0.544. The Morgan fingerprint density at radius 3 is 2.76 bits per heavy atom. The molecule has 3 rings (SSSR count). The number of unbranched alkanes of at least 4 members (excludes halogenated alkanes) is 1. The van der Waals surface area contributed by atoms with E-state index in [1.54, 1.807) is 11.3 Å². The van der Waals surface area contributed by atoms with Gasteiger partial charge in [0.05, 0.1) is 16.0 Å². The molecule has 0 radical (unpaired) electrons. The van der Waals surface area contributed by atoms with Gasteiger partial charge in [-0.15, -0.1) is 11.3 Å². The first-order valence-electron chi connectivity index (χ1n) is 8.53. The van der Waals surface area contributed by atoms with Crippen molar-refractivity contribution in [2.24, 2.45) is 0 Å². The Balaban J connectivity index is 1.53. The number of fused-ring (bicyclic) bond motifs is 1. The van der Waals surface area contributed by atoms with Crippen LogP contribution in [0.3, 0.4) is 0 Å². The summed E-state index contributed by atoms with van der Waals surface area (Å²) in [6.45, 7) is 4.26.